The average molecular weight is 189 g/mol. The Kier molecular flexibility index (Phi) is 3.67. The van der Waals surface area contributed by atoms with Crippen LogP contribution in [0, 0.1) is 5.92 Å². The van der Waals surface area contributed by atoms with Crippen molar-refractivity contribution in [2.24, 2.45) is 5.92 Å². The molecule has 0 radical (unpaired) electrons. The van der Waals surface area contributed by atoms with Crippen molar-refractivity contribution in [2.75, 3.05) is 6.61 Å². The maximum atomic E-state index is 9.58. The normalized spacial score (nSPS) is 40.2. The summed E-state index contributed by atoms with van der Waals surface area (Å²) in [5.41, 5.74) is 0. The Morgan fingerprint density at radius 1 is 1.15 bits per heavy atom. The molecule has 4 atom stereocenters. The van der Waals surface area contributed by atoms with Crippen molar-refractivity contribution < 1.29 is 15.3 Å². The first kappa shape index (κ1) is 10.9. The van der Waals surface area contributed by atoms with Gasteiger partial charge >= 0.3 is 0 Å². The number of aliphatic hydroxyl groups is 3. The fourth-order valence-corrected chi connectivity index (χ4v) is 1.82. The largest absolute Gasteiger partial charge is 0.395 e. The van der Waals surface area contributed by atoms with Crippen LogP contribution < -0.4 is 5.32 Å². The summed E-state index contributed by atoms with van der Waals surface area (Å²) < 4.78 is 0. The highest BCUT2D eigenvalue weighted by Crippen LogP contribution is 2.19. The van der Waals surface area contributed by atoms with Crippen LogP contribution in [-0.4, -0.2) is 46.2 Å². The van der Waals surface area contributed by atoms with Crippen molar-refractivity contribution in [1.82, 2.24) is 5.32 Å². The molecule has 0 aromatic rings. The van der Waals surface area contributed by atoms with E-state index in [9.17, 15) is 10.2 Å². The van der Waals surface area contributed by atoms with Crippen LogP contribution in [0.4, 0.5) is 0 Å². The van der Waals surface area contributed by atoms with Crippen molar-refractivity contribution in [1.29, 1.82) is 0 Å². The lowest BCUT2D eigenvalue weighted by atomic mass is 9.99. The molecule has 0 bridgehead atoms. The third-order valence-corrected chi connectivity index (χ3v) is 2.52. The van der Waals surface area contributed by atoms with Crippen LogP contribution in [-0.2, 0) is 0 Å². The summed E-state index contributed by atoms with van der Waals surface area (Å²) >= 11 is 0. The van der Waals surface area contributed by atoms with E-state index >= 15 is 0 Å². The molecule has 0 aliphatic carbocycles. The molecular formula is C9H19NO3. The van der Waals surface area contributed by atoms with Crippen LogP contribution in [0.3, 0.4) is 0 Å². The van der Waals surface area contributed by atoms with Gasteiger partial charge in [0.05, 0.1) is 24.9 Å². The van der Waals surface area contributed by atoms with E-state index in [1.807, 2.05) is 0 Å². The van der Waals surface area contributed by atoms with Crippen molar-refractivity contribution >= 4 is 0 Å². The molecule has 4 N–H and O–H groups in total. The highest BCUT2D eigenvalue weighted by molar-refractivity contribution is 4.97. The fourth-order valence-electron chi connectivity index (χ4n) is 1.82. The fraction of sp³-hybridized carbons (Fsp3) is 1.00. The van der Waals surface area contributed by atoms with E-state index in [1.54, 1.807) is 0 Å². The van der Waals surface area contributed by atoms with Gasteiger partial charge in [-0.2, -0.15) is 0 Å². The molecule has 0 amide bonds. The van der Waals surface area contributed by atoms with Crippen LogP contribution in [0.5, 0.6) is 0 Å². The van der Waals surface area contributed by atoms with Gasteiger partial charge in [-0.15, -0.1) is 0 Å². The predicted octanol–water partition coefficient (Wildman–Crippen LogP) is -0.913. The van der Waals surface area contributed by atoms with Gasteiger partial charge in [0, 0.05) is 6.04 Å². The number of hydrogen-bond acceptors (Lipinski definition) is 4. The van der Waals surface area contributed by atoms with Crippen LogP contribution in [0.2, 0.25) is 0 Å². The molecule has 0 spiro atoms. The molecule has 1 fully saturated rings. The smallest absolute Gasteiger partial charge is 0.0989 e. The van der Waals surface area contributed by atoms with Crippen LogP contribution in [0.1, 0.15) is 20.3 Å². The van der Waals surface area contributed by atoms with E-state index in [0.29, 0.717) is 5.92 Å². The van der Waals surface area contributed by atoms with Crippen molar-refractivity contribution in [2.45, 2.75) is 44.6 Å². The minimum absolute atomic E-state index is 0.0906. The van der Waals surface area contributed by atoms with Crippen LogP contribution in [0.25, 0.3) is 0 Å². The van der Waals surface area contributed by atoms with Gasteiger partial charge in [-0.1, -0.05) is 13.8 Å². The number of rotatable bonds is 3. The zero-order chi connectivity index (χ0) is 10.0. The summed E-state index contributed by atoms with van der Waals surface area (Å²) in [4.78, 5) is 0. The van der Waals surface area contributed by atoms with E-state index in [0.717, 1.165) is 6.42 Å². The van der Waals surface area contributed by atoms with Gasteiger partial charge < -0.3 is 20.6 Å². The van der Waals surface area contributed by atoms with E-state index in [4.69, 9.17) is 5.11 Å². The minimum Gasteiger partial charge on any atom is -0.395 e. The van der Waals surface area contributed by atoms with Gasteiger partial charge in [0.2, 0.25) is 0 Å². The Balaban J connectivity index is 2.50. The SMILES string of the molecule is CC(C)C[C@@H]1NC(CO)[C@H](O)[C@H]1O. The number of hydrogen-bond donors (Lipinski definition) is 4. The molecule has 0 aromatic carbocycles. The predicted molar refractivity (Wildman–Crippen MR) is 49.3 cm³/mol. The molecule has 1 aliphatic heterocycles. The summed E-state index contributed by atoms with van der Waals surface area (Å²) in [5.74, 6) is 0.469. The van der Waals surface area contributed by atoms with E-state index in [2.05, 4.69) is 19.2 Å². The first-order chi connectivity index (χ1) is 6.06. The maximum Gasteiger partial charge on any atom is 0.0989 e. The molecule has 1 heterocycles. The van der Waals surface area contributed by atoms with Crippen molar-refractivity contribution in [3.63, 3.8) is 0 Å². The maximum absolute atomic E-state index is 9.58. The van der Waals surface area contributed by atoms with Gasteiger partial charge in [-0.05, 0) is 12.3 Å². The average Bonchev–Trinajstić information content (AvgIpc) is 2.32. The molecule has 0 saturated carbocycles. The Bertz CT molecular complexity index is 163. The van der Waals surface area contributed by atoms with Crippen LogP contribution in [0.15, 0.2) is 0 Å². The zero-order valence-electron chi connectivity index (χ0n) is 8.14. The Morgan fingerprint density at radius 2 is 1.69 bits per heavy atom. The highest BCUT2D eigenvalue weighted by Gasteiger charge is 2.40. The number of nitrogens with one attached hydrogen (secondary N) is 1. The Hall–Kier alpha value is -0.160. The molecular weight excluding hydrogens is 170 g/mol. The van der Waals surface area contributed by atoms with Gasteiger partial charge in [-0.3, -0.25) is 0 Å². The molecule has 1 aliphatic rings. The van der Waals surface area contributed by atoms with Gasteiger partial charge in [-0.25, -0.2) is 0 Å². The van der Waals surface area contributed by atoms with E-state index in [1.165, 1.54) is 0 Å². The molecule has 1 rings (SSSR count). The minimum atomic E-state index is -0.839. The van der Waals surface area contributed by atoms with Gasteiger partial charge in [0.25, 0.3) is 0 Å². The molecule has 4 heteroatoms. The first-order valence-electron chi connectivity index (χ1n) is 4.79. The first-order valence-corrected chi connectivity index (χ1v) is 4.79. The standard InChI is InChI=1S/C9H19NO3/c1-5(2)3-6-8(12)9(13)7(4-11)10-6/h5-13H,3-4H2,1-2H3/t6-,7?,8-,9-/m0/s1. The lowest BCUT2D eigenvalue weighted by molar-refractivity contribution is 0.0176. The third kappa shape index (κ3) is 2.40. The summed E-state index contributed by atoms with van der Waals surface area (Å²) in [7, 11) is 0. The number of aliphatic hydroxyl groups excluding tert-OH is 3. The van der Waals surface area contributed by atoms with Crippen LogP contribution >= 0.6 is 0 Å². The Labute approximate surface area is 78.6 Å². The monoisotopic (exact) mass is 189 g/mol. The molecule has 78 valence electrons. The molecule has 4 nitrogen and oxygen atoms in total. The Morgan fingerprint density at radius 3 is 2.08 bits per heavy atom. The van der Waals surface area contributed by atoms with E-state index in [-0.39, 0.29) is 18.7 Å². The molecule has 1 unspecified atom stereocenters. The van der Waals surface area contributed by atoms with Gasteiger partial charge in [0.15, 0.2) is 0 Å². The quantitative estimate of drug-likeness (QED) is 0.463. The van der Waals surface area contributed by atoms with E-state index < -0.39 is 12.2 Å². The second-order valence-corrected chi connectivity index (χ2v) is 4.17. The molecule has 0 aromatic heterocycles. The van der Waals surface area contributed by atoms with Crippen molar-refractivity contribution in [3.05, 3.63) is 0 Å². The lowest BCUT2D eigenvalue weighted by Gasteiger charge is -2.17. The summed E-state index contributed by atoms with van der Waals surface area (Å²) in [6.07, 6.45) is -0.775. The van der Waals surface area contributed by atoms with Gasteiger partial charge in [0.1, 0.15) is 0 Å². The topological polar surface area (TPSA) is 72.7 Å². The highest BCUT2D eigenvalue weighted by atomic mass is 16.3. The molecule has 13 heavy (non-hydrogen) atoms. The second-order valence-electron chi connectivity index (χ2n) is 4.17. The third-order valence-electron chi connectivity index (χ3n) is 2.52. The second kappa shape index (κ2) is 4.37. The van der Waals surface area contributed by atoms with Crippen molar-refractivity contribution in [3.8, 4) is 0 Å². The lowest BCUT2D eigenvalue weighted by Crippen LogP contribution is -2.36. The summed E-state index contributed by atoms with van der Waals surface area (Å²) in [5, 5.41) is 30.9. The summed E-state index contributed by atoms with van der Waals surface area (Å²) in [6.45, 7) is 3.99. The summed E-state index contributed by atoms with van der Waals surface area (Å²) in [6, 6.07) is -0.467. The molecule has 1 saturated heterocycles. The zero-order valence-corrected chi connectivity index (χ0v) is 8.14.